The van der Waals surface area contributed by atoms with Gasteiger partial charge in [0.05, 0.1) is 0 Å². The first-order valence-corrected chi connectivity index (χ1v) is 5.99. The Kier molecular flexibility index (Phi) is 3.94. The zero-order valence-corrected chi connectivity index (χ0v) is 10.4. The summed E-state index contributed by atoms with van der Waals surface area (Å²) in [5.74, 6) is 0.0563. The van der Waals surface area contributed by atoms with Crippen LogP contribution >= 0.6 is 0 Å². The van der Waals surface area contributed by atoms with E-state index in [1.54, 1.807) is 24.3 Å². The highest BCUT2D eigenvalue weighted by atomic mass is 16.2. The van der Waals surface area contributed by atoms with Crippen LogP contribution in [0.25, 0.3) is 0 Å². The van der Waals surface area contributed by atoms with Crippen LogP contribution in [0, 0.1) is 0 Å². The van der Waals surface area contributed by atoms with Crippen molar-refractivity contribution in [3.05, 3.63) is 29.8 Å². The lowest BCUT2D eigenvalue weighted by molar-refractivity contribution is -0.105. The third-order valence-electron chi connectivity index (χ3n) is 3.15. The van der Waals surface area contributed by atoms with Crippen LogP contribution in [0.1, 0.15) is 10.4 Å². The Bertz CT molecular complexity index is 422. The summed E-state index contributed by atoms with van der Waals surface area (Å²) in [5, 5.41) is 2.55. The third-order valence-corrected chi connectivity index (χ3v) is 3.15. The SMILES string of the molecule is CN1CCN(C(=O)c2ccc(NC=O)cc2)CC1. The molecule has 1 N–H and O–H groups in total. The first kappa shape index (κ1) is 12.6. The monoisotopic (exact) mass is 247 g/mol. The highest BCUT2D eigenvalue weighted by molar-refractivity contribution is 5.94. The molecule has 2 rings (SSSR count). The zero-order chi connectivity index (χ0) is 13.0. The Hall–Kier alpha value is -1.88. The molecule has 0 unspecified atom stereocenters. The van der Waals surface area contributed by atoms with E-state index in [4.69, 9.17) is 0 Å². The molecule has 0 bridgehead atoms. The van der Waals surface area contributed by atoms with E-state index < -0.39 is 0 Å². The molecular formula is C13H17N3O2. The summed E-state index contributed by atoms with van der Waals surface area (Å²) in [7, 11) is 2.06. The lowest BCUT2D eigenvalue weighted by Gasteiger charge is -2.32. The largest absolute Gasteiger partial charge is 0.336 e. The molecule has 0 saturated carbocycles. The number of hydrogen-bond donors (Lipinski definition) is 1. The summed E-state index contributed by atoms with van der Waals surface area (Å²) in [6, 6.07) is 6.95. The van der Waals surface area contributed by atoms with Gasteiger partial charge in [-0.1, -0.05) is 0 Å². The van der Waals surface area contributed by atoms with Gasteiger partial charge in [-0.25, -0.2) is 0 Å². The second-order valence-electron chi connectivity index (χ2n) is 4.44. The molecule has 1 aliphatic rings. The van der Waals surface area contributed by atoms with Crippen LogP contribution in [0.15, 0.2) is 24.3 Å². The van der Waals surface area contributed by atoms with Gasteiger partial charge in [0.2, 0.25) is 6.41 Å². The lowest BCUT2D eigenvalue weighted by Crippen LogP contribution is -2.47. The Morgan fingerprint density at radius 3 is 2.33 bits per heavy atom. The van der Waals surface area contributed by atoms with E-state index in [1.807, 2.05) is 4.90 Å². The summed E-state index contributed by atoms with van der Waals surface area (Å²) >= 11 is 0. The van der Waals surface area contributed by atoms with Gasteiger partial charge in [-0.15, -0.1) is 0 Å². The van der Waals surface area contributed by atoms with Crippen LogP contribution in [0.5, 0.6) is 0 Å². The van der Waals surface area contributed by atoms with Gasteiger partial charge in [0, 0.05) is 37.4 Å². The molecule has 96 valence electrons. The van der Waals surface area contributed by atoms with E-state index in [0.29, 0.717) is 17.7 Å². The van der Waals surface area contributed by atoms with Crippen molar-refractivity contribution in [3.8, 4) is 0 Å². The number of carbonyl (C=O) groups excluding carboxylic acids is 2. The van der Waals surface area contributed by atoms with E-state index >= 15 is 0 Å². The minimum Gasteiger partial charge on any atom is -0.336 e. The summed E-state index contributed by atoms with van der Waals surface area (Å²) in [5.41, 5.74) is 1.36. The summed E-state index contributed by atoms with van der Waals surface area (Å²) < 4.78 is 0. The normalized spacial score (nSPS) is 16.4. The number of carbonyl (C=O) groups is 2. The molecular weight excluding hydrogens is 230 g/mol. The third kappa shape index (κ3) is 2.87. The predicted molar refractivity (Wildman–Crippen MR) is 69.5 cm³/mol. The molecule has 0 radical (unpaired) electrons. The Balaban J connectivity index is 2.02. The standard InChI is InChI=1S/C13H17N3O2/c1-15-6-8-16(9-7-15)13(18)11-2-4-12(5-3-11)14-10-17/h2-5,10H,6-9H2,1H3,(H,14,17). The van der Waals surface area contributed by atoms with Gasteiger partial charge in [-0.2, -0.15) is 0 Å². The fourth-order valence-electron chi connectivity index (χ4n) is 1.97. The van der Waals surface area contributed by atoms with Crippen molar-refractivity contribution in [1.82, 2.24) is 9.80 Å². The van der Waals surface area contributed by atoms with Gasteiger partial charge in [0.1, 0.15) is 0 Å². The van der Waals surface area contributed by atoms with Crippen molar-refractivity contribution >= 4 is 18.0 Å². The van der Waals surface area contributed by atoms with Crippen molar-refractivity contribution < 1.29 is 9.59 Å². The van der Waals surface area contributed by atoms with Crippen LogP contribution in [0.2, 0.25) is 0 Å². The lowest BCUT2D eigenvalue weighted by atomic mass is 10.1. The minimum absolute atomic E-state index is 0.0563. The van der Waals surface area contributed by atoms with Crippen molar-refractivity contribution in [1.29, 1.82) is 0 Å². The average Bonchev–Trinajstić information content (AvgIpc) is 2.40. The number of nitrogens with one attached hydrogen (secondary N) is 1. The number of hydrogen-bond acceptors (Lipinski definition) is 3. The molecule has 0 spiro atoms. The molecule has 5 nitrogen and oxygen atoms in total. The summed E-state index contributed by atoms with van der Waals surface area (Å²) in [4.78, 5) is 26.5. The van der Waals surface area contributed by atoms with Crippen LogP contribution < -0.4 is 5.32 Å². The second-order valence-corrected chi connectivity index (χ2v) is 4.44. The van der Waals surface area contributed by atoms with Gasteiger partial charge in [0.25, 0.3) is 5.91 Å². The first-order chi connectivity index (χ1) is 8.70. The van der Waals surface area contributed by atoms with Gasteiger partial charge in [-0.05, 0) is 31.3 Å². The molecule has 1 fully saturated rings. The maximum atomic E-state index is 12.2. The topological polar surface area (TPSA) is 52.6 Å². The number of rotatable bonds is 3. The van der Waals surface area contributed by atoms with E-state index in [0.717, 1.165) is 26.2 Å². The van der Waals surface area contributed by atoms with Crippen LogP contribution in [0.3, 0.4) is 0 Å². The minimum atomic E-state index is 0.0563. The molecule has 0 aromatic heterocycles. The molecule has 0 aliphatic carbocycles. The van der Waals surface area contributed by atoms with Crippen molar-refractivity contribution in [2.24, 2.45) is 0 Å². The molecule has 5 heteroatoms. The molecule has 1 aromatic rings. The molecule has 1 aromatic carbocycles. The average molecular weight is 247 g/mol. The molecule has 1 saturated heterocycles. The summed E-state index contributed by atoms with van der Waals surface area (Å²) in [6.07, 6.45) is 0.622. The highest BCUT2D eigenvalue weighted by Crippen LogP contribution is 2.12. The Morgan fingerprint density at radius 2 is 1.78 bits per heavy atom. The number of benzene rings is 1. The number of anilines is 1. The van der Waals surface area contributed by atoms with Crippen molar-refractivity contribution in [2.45, 2.75) is 0 Å². The van der Waals surface area contributed by atoms with E-state index in [-0.39, 0.29) is 5.91 Å². The molecule has 1 heterocycles. The number of piperazine rings is 1. The van der Waals surface area contributed by atoms with E-state index in [1.165, 1.54) is 0 Å². The van der Waals surface area contributed by atoms with E-state index in [9.17, 15) is 9.59 Å². The molecule has 1 aliphatic heterocycles. The Morgan fingerprint density at radius 1 is 1.17 bits per heavy atom. The maximum Gasteiger partial charge on any atom is 0.253 e. The van der Waals surface area contributed by atoms with Gasteiger partial charge < -0.3 is 15.1 Å². The number of nitrogens with zero attached hydrogens (tertiary/aromatic N) is 2. The number of amides is 2. The fraction of sp³-hybridized carbons (Fsp3) is 0.385. The van der Waals surface area contributed by atoms with Crippen molar-refractivity contribution in [2.75, 3.05) is 38.5 Å². The molecule has 0 atom stereocenters. The van der Waals surface area contributed by atoms with Crippen LogP contribution in [0.4, 0.5) is 5.69 Å². The van der Waals surface area contributed by atoms with Gasteiger partial charge in [0.15, 0.2) is 0 Å². The van der Waals surface area contributed by atoms with Gasteiger partial charge >= 0.3 is 0 Å². The van der Waals surface area contributed by atoms with Crippen molar-refractivity contribution in [3.63, 3.8) is 0 Å². The fourth-order valence-corrected chi connectivity index (χ4v) is 1.97. The number of likely N-dealkylation sites (N-methyl/N-ethyl adjacent to an activating group) is 1. The smallest absolute Gasteiger partial charge is 0.253 e. The predicted octanol–water partition coefficient (Wildman–Crippen LogP) is 0.642. The quantitative estimate of drug-likeness (QED) is 0.798. The molecule has 18 heavy (non-hydrogen) atoms. The van der Waals surface area contributed by atoms with Crippen LogP contribution in [-0.2, 0) is 4.79 Å². The second kappa shape index (κ2) is 5.64. The van der Waals surface area contributed by atoms with Gasteiger partial charge in [-0.3, -0.25) is 9.59 Å². The zero-order valence-electron chi connectivity index (χ0n) is 10.4. The summed E-state index contributed by atoms with van der Waals surface area (Å²) in [6.45, 7) is 3.36. The van der Waals surface area contributed by atoms with Crippen LogP contribution in [-0.4, -0.2) is 55.3 Å². The first-order valence-electron chi connectivity index (χ1n) is 5.99. The van der Waals surface area contributed by atoms with E-state index in [2.05, 4.69) is 17.3 Å². The maximum absolute atomic E-state index is 12.2. The molecule has 2 amide bonds. The highest BCUT2D eigenvalue weighted by Gasteiger charge is 2.19. The Labute approximate surface area is 106 Å².